The van der Waals surface area contributed by atoms with Crippen LogP contribution >= 0.6 is 0 Å². The normalized spacial score (nSPS) is 21.2. The maximum atomic E-state index is 14.8. The molecule has 11 heteroatoms. The van der Waals surface area contributed by atoms with Gasteiger partial charge in [-0.15, -0.1) is 0 Å². The Morgan fingerprint density at radius 1 is 1.15 bits per heavy atom. The summed E-state index contributed by atoms with van der Waals surface area (Å²) < 4.78 is 58.5. The molecule has 214 valence electrons. The Morgan fingerprint density at radius 2 is 1.87 bits per heavy atom. The molecule has 0 bridgehead atoms. The van der Waals surface area contributed by atoms with E-state index in [1.54, 1.807) is 18.2 Å². The molecule has 0 radical (unpaired) electrons. The van der Waals surface area contributed by atoms with Gasteiger partial charge in [0.05, 0.1) is 18.8 Å². The predicted octanol–water partition coefficient (Wildman–Crippen LogP) is 4.10. The maximum Gasteiger partial charge on any atom is 0.309 e. The lowest BCUT2D eigenvalue weighted by molar-refractivity contribution is -0.143. The van der Waals surface area contributed by atoms with Gasteiger partial charge in [-0.25, -0.2) is 17.1 Å². The summed E-state index contributed by atoms with van der Waals surface area (Å²) in [5, 5.41) is 10.4. The smallest absolute Gasteiger partial charge is 0.309 e. The summed E-state index contributed by atoms with van der Waals surface area (Å²) in [6, 6.07) is 9.20. The molecule has 1 fully saturated rings. The van der Waals surface area contributed by atoms with Crippen LogP contribution in [0.2, 0.25) is 0 Å². The number of ether oxygens (including phenoxy) is 3. The van der Waals surface area contributed by atoms with Crippen LogP contribution in [-0.4, -0.2) is 74.5 Å². The number of carboxylic acids is 1. The molecule has 0 aliphatic carbocycles. The minimum Gasteiger partial charge on any atom is -0.494 e. The van der Waals surface area contributed by atoms with E-state index >= 15 is 0 Å². The van der Waals surface area contributed by atoms with E-state index in [4.69, 9.17) is 14.2 Å². The SMILES string of the molecule is CCCN(CCN1CC(c2ccc3c(c2)OCO3)[C@H](C(=O)O)[C@H]1c1ccc(OC)c(F)c1)S(=O)(=O)CC(C)C. The average molecular weight is 565 g/mol. The second-order valence-electron chi connectivity index (χ2n) is 10.5. The first-order chi connectivity index (χ1) is 18.6. The monoisotopic (exact) mass is 564 g/mol. The van der Waals surface area contributed by atoms with Crippen molar-refractivity contribution in [2.75, 3.05) is 45.8 Å². The van der Waals surface area contributed by atoms with Crippen molar-refractivity contribution >= 4 is 16.0 Å². The summed E-state index contributed by atoms with van der Waals surface area (Å²) >= 11 is 0. The van der Waals surface area contributed by atoms with Gasteiger partial charge < -0.3 is 19.3 Å². The maximum absolute atomic E-state index is 14.8. The number of rotatable bonds is 12. The van der Waals surface area contributed by atoms with Crippen LogP contribution in [0.25, 0.3) is 0 Å². The quantitative estimate of drug-likeness (QED) is 0.411. The van der Waals surface area contributed by atoms with E-state index in [-0.39, 0.29) is 30.8 Å². The number of likely N-dealkylation sites (tertiary alicyclic amines) is 1. The van der Waals surface area contributed by atoms with Crippen LogP contribution in [0.5, 0.6) is 17.2 Å². The van der Waals surface area contributed by atoms with E-state index in [0.29, 0.717) is 43.1 Å². The van der Waals surface area contributed by atoms with E-state index in [1.807, 2.05) is 31.7 Å². The van der Waals surface area contributed by atoms with E-state index in [1.165, 1.54) is 23.5 Å². The van der Waals surface area contributed by atoms with Gasteiger partial charge in [0.1, 0.15) is 0 Å². The summed E-state index contributed by atoms with van der Waals surface area (Å²) in [4.78, 5) is 14.7. The van der Waals surface area contributed by atoms with Crippen LogP contribution in [0, 0.1) is 17.7 Å². The molecule has 0 amide bonds. The number of hydrogen-bond donors (Lipinski definition) is 1. The zero-order chi connectivity index (χ0) is 28.3. The van der Waals surface area contributed by atoms with E-state index in [0.717, 1.165) is 5.56 Å². The molecule has 0 aromatic heterocycles. The minimum atomic E-state index is -3.49. The molecule has 2 aromatic carbocycles. The van der Waals surface area contributed by atoms with E-state index in [9.17, 15) is 22.7 Å². The first-order valence-corrected chi connectivity index (χ1v) is 14.8. The van der Waals surface area contributed by atoms with Crippen molar-refractivity contribution in [1.82, 2.24) is 9.21 Å². The Balaban J connectivity index is 1.70. The second kappa shape index (κ2) is 12.1. The lowest BCUT2D eigenvalue weighted by Gasteiger charge is -2.30. The molecule has 0 saturated carbocycles. The Bertz CT molecular complexity index is 1290. The fourth-order valence-corrected chi connectivity index (χ4v) is 7.49. The average Bonchev–Trinajstić information content (AvgIpc) is 3.50. The molecule has 1 saturated heterocycles. The highest BCUT2D eigenvalue weighted by Crippen LogP contribution is 2.48. The van der Waals surface area contributed by atoms with Gasteiger partial charge in [-0.05, 0) is 47.7 Å². The Hall–Kier alpha value is -2.89. The first kappa shape index (κ1) is 29.1. The van der Waals surface area contributed by atoms with Crippen LogP contribution in [0.15, 0.2) is 36.4 Å². The summed E-state index contributed by atoms with van der Waals surface area (Å²) in [5.41, 5.74) is 1.27. The largest absolute Gasteiger partial charge is 0.494 e. The fourth-order valence-electron chi connectivity index (χ4n) is 5.61. The van der Waals surface area contributed by atoms with Crippen LogP contribution in [0.3, 0.4) is 0 Å². The number of halogens is 1. The van der Waals surface area contributed by atoms with Gasteiger partial charge in [0.25, 0.3) is 0 Å². The number of aliphatic carboxylic acids is 1. The van der Waals surface area contributed by atoms with Crippen LogP contribution in [0.1, 0.15) is 50.3 Å². The topological polar surface area (TPSA) is 106 Å². The minimum absolute atomic E-state index is 0.0251. The second-order valence-corrected chi connectivity index (χ2v) is 12.5. The number of nitrogens with zero attached hydrogens (tertiary/aromatic N) is 2. The van der Waals surface area contributed by atoms with Crippen molar-refractivity contribution in [2.24, 2.45) is 11.8 Å². The number of carbonyl (C=O) groups is 1. The molecule has 1 unspecified atom stereocenters. The highest BCUT2D eigenvalue weighted by atomic mass is 32.2. The lowest BCUT2D eigenvalue weighted by Crippen LogP contribution is -2.41. The highest BCUT2D eigenvalue weighted by molar-refractivity contribution is 7.89. The first-order valence-electron chi connectivity index (χ1n) is 13.2. The number of methoxy groups -OCH3 is 1. The molecular formula is C28H37FN2O7S. The molecule has 9 nitrogen and oxygen atoms in total. The molecular weight excluding hydrogens is 527 g/mol. The third kappa shape index (κ3) is 6.31. The summed E-state index contributed by atoms with van der Waals surface area (Å²) in [6.07, 6.45) is 0.655. The zero-order valence-corrected chi connectivity index (χ0v) is 23.6. The fraction of sp³-hybridized carbons (Fsp3) is 0.536. The molecule has 39 heavy (non-hydrogen) atoms. The molecule has 3 atom stereocenters. The third-order valence-electron chi connectivity index (χ3n) is 7.27. The van der Waals surface area contributed by atoms with Crippen molar-refractivity contribution in [3.05, 3.63) is 53.3 Å². The molecule has 4 rings (SSSR count). The van der Waals surface area contributed by atoms with Gasteiger partial charge in [0.15, 0.2) is 23.1 Å². The molecule has 2 aromatic rings. The van der Waals surface area contributed by atoms with Crippen molar-refractivity contribution in [1.29, 1.82) is 0 Å². The Kier molecular flexibility index (Phi) is 9.03. The number of sulfonamides is 1. The van der Waals surface area contributed by atoms with Gasteiger partial charge in [0, 0.05) is 38.1 Å². The van der Waals surface area contributed by atoms with Gasteiger partial charge in [-0.1, -0.05) is 32.9 Å². The van der Waals surface area contributed by atoms with Crippen LogP contribution in [0.4, 0.5) is 4.39 Å². The zero-order valence-electron chi connectivity index (χ0n) is 22.8. The van der Waals surface area contributed by atoms with Crippen molar-refractivity contribution in [3.8, 4) is 17.2 Å². The van der Waals surface area contributed by atoms with Crippen molar-refractivity contribution in [2.45, 2.75) is 39.2 Å². The molecule has 1 N–H and O–H groups in total. The number of hydrogen-bond acceptors (Lipinski definition) is 7. The van der Waals surface area contributed by atoms with Gasteiger partial charge in [-0.3, -0.25) is 9.69 Å². The Morgan fingerprint density at radius 3 is 2.51 bits per heavy atom. The van der Waals surface area contributed by atoms with Crippen LogP contribution < -0.4 is 14.2 Å². The van der Waals surface area contributed by atoms with Crippen molar-refractivity contribution < 1.29 is 36.9 Å². The Labute approximate surface area is 229 Å². The predicted molar refractivity (Wildman–Crippen MR) is 144 cm³/mol. The van der Waals surface area contributed by atoms with Crippen molar-refractivity contribution in [3.63, 3.8) is 0 Å². The lowest BCUT2D eigenvalue weighted by atomic mass is 9.82. The molecule has 2 aliphatic rings. The summed E-state index contributed by atoms with van der Waals surface area (Å²) in [6.45, 7) is 6.97. The van der Waals surface area contributed by atoms with Gasteiger partial charge in [0.2, 0.25) is 16.8 Å². The number of carboxylic acid groups (broad SMARTS) is 1. The molecule has 2 aliphatic heterocycles. The molecule has 2 heterocycles. The van der Waals surface area contributed by atoms with E-state index in [2.05, 4.69) is 0 Å². The van der Waals surface area contributed by atoms with Crippen LogP contribution in [-0.2, 0) is 14.8 Å². The molecule has 0 spiro atoms. The highest BCUT2D eigenvalue weighted by Gasteiger charge is 2.48. The van der Waals surface area contributed by atoms with Gasteiger partial charge >= 0.3 is 5.97 Å². The summed E-state index contributed by atoms with van der Waals surface area (Å²) in [5.74, 6) is -1.73. The van der Waals surface area contributed by atoms with E-state index < -0.39 is 39.7 Å². The third-order valence-corrected chi connectivity index (χ3v) is 9.51. The number of benzene rings is 2. The standard InChI is InChI=1S/C28H37FN2O7S/c1-5-10-31(39(34,35)16-18(2)3)12-11-30-15-21(19-6-9-24-25(14-19)38-17-37-24)26(28(32)33)27(30)20-7-8-23(36-4)22(29)13-20/h6-9,13-14,18,21,26-27H,5,10-12,15-17H2,1-4H3,(H,32,33)/t21?,26-,27+/m0/s1. The number of fused-ring (bicyclic) bond motifs is 1. The van der Waals surface area contributed by atoms with Gasteiger partial charge in [-0.2, -0.15) is 0 Å². The summed E-state index contributed by atoms with van der Waals surface area (Å²) in [7, 11) is -2.12.